The van der Waals surface area contributed by atoms with E-state index in [4.69, 9.17) is 0 Å². The second-order valence-electron chi connectivity index (χ2n) is 7.27. The zero-order valence-corrected chi connectivity index (χ0v) is 17.6. The lowest BCUT2D eigenvalue weighted by Crippen LogP contribution is -2.44. The van der Waals surface area contributed by atoms with E-state index in [2.05, 4.69) is 5.32 Å². The van der Waals surface area contributed by atoms with E-state index in [9.17, 15) is 14.7 Å². The molecule has 3 aromatic rings. The van der Waals surface area contributed by atoms with Gasteiger partial charge in [-0.15, -0.1) is 11.8 Å². The van der Waals surface area contributed by atoms with Crippen LogP contribution in [0.1, 0.15) is 16.7 Å². The first-order chi connectivity index (χ1) is 14.4. The van der Waals surface area contributed by atoms with Crippen molar-refractivity contribution >= 4 is 35.0 Å². The van der Waals surface area contributed by atoms with Crippen molar-refractivity contribution in [2.24, 2.45) is 0 Å². The Balaban J connectivity index is 1.64. The Labute approximate surface area is 179 Å². The molecule has 3 aromatic carbocycles. The van der Waals surface area contributed by atoms with Gasteiger partial charge in [-0.2, -0.15) is 0 Å². The Hall–Kier alpha value is -3.09. The fourth-order valence-corrected chi connectivity index (χ4v) is 4.25. The summed E-state index contributed by atoms with van der Waals surface area (Å²) in [5, 5.41) is 14.4. The van der Waals surface area contributed by atoms with Crippen molar-refractivity contribution in [3.05, 3.63) is 89.5 Å². The Bertz CT molecular complexity index is 1130. The molecule has 2 amide bonds. The van der Waals surface area contributed by atoms with E-state index in [1.54, 1.807) is 54.2 Å². The fraction of sp³-hybridized carbons (Fsp3) is 0.167. The first-order valence-electron chi connectivity index (χ1n) is 9.58. The predicted molar refractivity (Wildman–Crippen MR) is 120 cm³/mol. The number of amides is 2. The number of aliphatic hydroxyl groups is 1. The molecule has 0 bridgehead atoms. The lowest BCUT2D eigenvalue weighted by Gasteiger charge is -2.24. The minimum absolute atomic E-state index is 0.187. The number of fused-ring (bicyclic) bond motifs is 1. The summed E-state index contributed by atoms with van der Waals surface area (Å²) in [7, 11) is 0. The number of aryl methyl sites for hydroxylation is 1. The minimum atomic E-state index is -1.82. The van der Waals surface area contributed by atoms with Gasteiger partial charge in [0.2, 0.25) is 5.91 Å². The second-order valence-corrected chi connectivity index (χ2v) is 8.15. The summed E-state index contributed by atoms with van der Waals surface area (Å²) in [5.41, 5.74) is 1.31. The molecule has 4 rings (SSSR count). The molecule has 1 aliphatic heterocycles. The van der Waals surface area contributed by atoms with Crippen LogP contribution >= 0.6 is 11.8 Å². The summed E-state index contributed by atoms with van der Waals surface area (Å²) in [6.45, 7) is 1.72. The van der Waals surface area contributed by atoms with Crippen LogP contribution in [0.4, 0.5) is 11.4 Å². The number of hydrogen-bond acceptors (Lipinski definition) is 4. The summed E-state index contributed by atoms with van der Waals surface area (Å²) >= 11 is 1.58. The molecule has 0 aliphatic carbocycles. The number of carbonyl (C=O) groups is 2. The zero-order valence-electron chi connectivity index (χ0n) is 16.8. The third kappa shape index (κ3) is 3.49. The van der Waals surface area contributed by atoms with Crippen LogP contribution in [0, 0.1) is 6.92 Å². The van der Waals surface area contributed by atoms with Crippen molar-refractivity contribution in [1.82, 2.24) is 0 Å². The van der Waals surface area contributed by atoms with E-state index >= 15 is 0 Å². The maximum absolute atomic E-state index is 13.4. The molecule has 6 heteroatoms. The van der Waals surface area contributed by atoms with Crippen molar-refractivity contribution in [1.29, 1.82) is 0 Å². The molecular weight excluding hydrogens is 396 g/mol. The van der Waals surface area contributed by atoms with Gasteiger partial charge in [-0.3, -0.25) is 14.5 Å². The molecule has 152 valence electrons. The molecule has 0 fully saturated rings. The van der Waals surface area contributed by atoms with Gasteiger partial charge in [0.25, 0.3) is 5.91 Å². The fourth-order valence-electron chi connectivity index (χ4n) is 3.79. The van der Waals surface area contributed by atoms with Gasteiger partial charge in [0, 0.05) is 16.1 Å². The third-order valence-electron chi connectivity index (χ3n) is 5.23. The highest BCUT2D eigenvalue weighted by molar-refractivity contribution is 7.98. The maximum atomic E-state index is 13.4. The first kappa shape index (κ1) is 20.2. The molecule has 1 aliphatic rings. The van der Waals surface area contributed by atoms with Gasteiger partial charge < -0.3 is 10.4 Å². The van der Waals surface area contributed by atoms with Crippen molar-refractivity contribution in [2.45, 2.75) is 17.4 Å². The summed E-state index contributed by atoms with van der Waals surface area (Å²) in [5.74, 6) is -0.854. The Morgan fingerprint density at radius 2 is 1.83 bits per heavy atom. The number of nitrogens with zero attached hydrogens (tertiary/aromatic N) is 1. The quantitative estimate of drug-likeness (QED) is 0.616. The summed E-state index contributed by atoms with van der Waals surface area (Å²) in [6.07, 6.45) is 1.97. The molecule has 0 aromatic heterocycles. The number of thioether (sulfide) groups is 1. The van der Waals surface area contributed by atoms with Gasteiger partial charge >= 0.3 is 0 Å². The predicted octanol–water partition coefficient (Wildman–Crippen LogP) is 3.94. The van der Waals surface area contributed by atoms with Crippen LogP contribution in [0.5, 0.6) is 0 Å². The highest BCUT2D eigenvalue weighted by atomic mass is 32.2. The molecule has 30 heavy (non-hydrogen) atoms. The van der Waals surface area contributed by atoms with Crippen molar-refractivity contribution in [2.75, 3.05) is 23.0 Å². The number of hydrogen-bond donors (Lipinski definition) is 2. The van der Waals surface area contributed by atoms with Crippen LogP contribution in [0.2, 0.25) is 0 Å². The van der Waals surface area contributed by atoms with E-state index < -0.39 is 11.5 Å². The maximum Gasteiger partial charge on any atom is 0.268 e. The van der Waals surface area contributed by atoms with Crippen molar-refractivity contribution in [3.8, 4) is 0 Å². The van der Waals surface area contributed by atoms with E-state index in [1.165, 1.54) is 4.90 Å². The van der Waals surface area contributed by atoms with E-state index in [0.717, 1.165) is 10.5 Å². The number of benzene rings is 3. The molecule has 1 atom stereocenters. The summed E-state index contributed by atoms with van der Waals surface area (Å²) < 4.78 is 0. The average Bonchev–Trinajstić information content (AvgIpc) is 2.97. The minimum Gasteiger partial charge on any atom is -0.372 e. The van der Waals surface area contributed by atoms with Gasteiger partial charge in [0.15, 0.2) is 5.60 Å². The topological polar surface area (TPSA) is 69.6 Å². The first-order valence-corrected chi connectivity index (χ1v) is 10.8. The Morgan fingerprint density at radius 3 is 2.60 bits per heavy atom. The van der Waals surface area contributed by atoms with Crippen LogP contribution in [-0.4, -0.2) is 29.7 Å². The number of para-hydroxylation sites is 1. The van der Waals surface area contributed by atoms with Crippen LogP contribution in [-0.2, 0) is 15.2 Å². The van der Waals surface area contributed by atoms with Crippen LogP contribution < -0.4 is 10.2 Å². The molecule has 0 saturated heterocycles. The van der Waals surface area contributed by atoms with E-state index in [-0.39, 0.29) is 12.5 Å². The van der Waals surface area contributed by atoms with Gasteiger partial charge in [0.05, 0.1) is 5.69 Å². The highest BCUT2D eigenvalue weighted by Gasteiger charge is 2.51. The van der Waals surface area contributed by atoms with Gasteiger partial charge in [0.1, 0.15) is 6.54 Å². The van der Waals surface area contributed by atoms with E-state index in [1.807, 2.05) is 43.5 Å². The average molecular weight is 419 g/mol. The standard InChI is InChI=1S/C24H22N2O3S/c1-16-7-5-8-17(13-16)24(29)20-11-3-4-12-21(20)26(23(24)28)15-22(27)25-18-9-6-10-19(14-18)30-2/h3-14,29H,15H2,1-2H3,(H,25,27)/t24-/m1/s1. The lowest BCUT2D eigenvalue weighted by atomic mass is 9.87. The third-order valence-corrected chi connectivity index (χ3v) is 5.96. The monoisotopic (exact) mass is 418 g/mol. The zero-order chi connectivity index (χ0) is 21.3. The molecule has 0 saturated carbocycles. The Kier molecular flexibility index (Phi) is 5.37. The molecule has 0 spiro atoms. The van der Waals surface area contributed by atoms with Gasteiger partial charge in [-0.05, 0) is 43.0 Å². The smallest absolute Gasteiger partial charge is 0.268 e. The molecule has 1 heterocycles. The molecule has 0 radical (unpaired) electrons. The number of anilines is 2. The normalized spacial score (nSPS) is 17.7. The SMILES string of the molecule is CSc1cccc(NC(=O)CN2C(=O)[C@@](O)(c3cccc(C)c3)c3ccccc32)c1. The lowest BCUT2D eigenvalue weighted by molar-refractivity contribution is -0.133. The van der Waals surface area contributed by atoms with E-state index in [0.29, 0.717) is 22.5 Å². The summed E-state index contributed by atoms with van der Waals surface area (Å²) in [4.78, 5) is 28.5. The van der Waals surface area contributed by atoms with Gasteiger partial charge in [-0.25, -0.2) is 0 Å². The van der Waals surface area contributed by atoms with Crippen LogP contribution in [0.3, 0.4) is 0 Å². The van der Waals surface area contributed by atoms with Crippen molar-refractivity contribution in [3.63, 3.8) is 0 Å². The number of carbonyl (C=O) groups excluding carboxylic acids is 2. The Morgan fingerprint density at radius 1 is 1.07 bits per heavy atom. The van der Waals surface area contributed by atoms with Crippen LogP contribution in [0.25, 0.3) is 0 Å². The molecule has 2 N–H and O–H groups in total. The number of rotatable bonds is 5. The molecule has 0 unspecified atom stereocenters. The van der Waals surface area contributed by atoms with Crippen molar-refractivity contribution < 1.29 is 14.7 Å². The molecule has 5 nitrogen and oxygen atoms in total. The second kappa shape index (κ2) is 7.97. The molecular formula is C24H22N2O3S. The van der Waals surface area contributed by atoms with Crippen LogP contribution in [0.15, 0.2) is 77.7 Å². The number of nitrogens with one attached hydrogen (secondary N) is 1. The van der Waals surface area contributed by atoms with Gasteiger partial charge in [-0.1, -0.05) is 54.1 Å². The summed E-state index contributed by atoms with van der Waals surface area (Å²) in [6, 6.07) is 21.8. The largest absolute Gasteiger partial charge is 0.372 e. The highest BCUT2D eigenvalue weighted by Crippen LogP contribution is 2.44.